The summed E-state index contributed by atoms with van der Waals surface area (Å²) in [5, 5.41) is 0. The molecule has 1 aromatic heterocycles. The van der Waals surface area contributed by atoms with Crippen LogP contribution in [-0.4, -0.2) is 32.5 Å². The molecule has 0 aromatic carbocycles. The zero-order valence-electron chi connectivity index (χ0n) is 12.6. The molecule has 0 spiro atoms. The van der Waals surface area contributed by atoms with Crippen molar-refractivity contribution in [1.29, 1.82) is 0 Å². The summed E-state index contributed by atoms with van der Waals surface area (Å²) in [6.45, 7) is 4.08. The van der Waals surface area contributed by atoms with Crippen LogP contribution in [-0.2, 0) is 14.8 Å². The molecule has 0 saturated heterocycles. The Hall–Kier alpha value is -0.990. The molecule has 6 nitrogen and oxygen atoms in total. The number of carbonyl (C=O) groups is 1. The first-order chi connectivity index (χ1) is 9.96. The van der Waals surface area contributed by atoms with Crippen molar-refractivity contribution in [1.82, 2.24) is 9.71 Å². The van der Waals surface area contributed by atoms with E-state index in [0.717, 1.165) is 43.4 Å². The maximum Gasteiger partial charge on any atom is 0.358 e. The van der Waals surface area contributed by atoms with Crippen molar-refractivity contribution < 1.29 is 17.9 Å². The molecule has 0 aliphatic carbocycles. The third kappa shape index (κ3) is 5.05. The van der Waals surface area contributed by atoms with E-state index in [9.17, 15) is 13.2 Å². The number of rotatable bonds is 9. The number of esters is 1. The average Bonchev–Trinajstić information content (AvgIpc) is 2.94. The first-order valence-corrected chi connectivity index (χ1v) is 9.36. The Balaban J connectivity index is 2.94. The van der Waals surface area contributed by atoms with Gasteiger partial charge in [0.2, 0.25) is 0 Å². The van der Waals surface area contributed by atoms with Gasteiger partial charge in [-0.15, -0.1) is 11.3 Å². The van der Waals surface area contributed by atoms with Crippen molar-refractivity contribution in [3.63, 3.8) is 0 Å². The highest BCUT2D eigenvalue weighted by Crippen LogP contribution is 2.22. The molecule has 0 amide bonds. The highest BCUT2D eigenvalue weighted by molar-refractivity contribution is 7.91. The molecule has 1 aromatic rings. The topological polar surface area (TPSA) is 85.4 Å². The maximum absolute atomic E-state index is 12.4. The van der Waals surface area contributed by atoms with Crippen molar-refractivity contribution in [3.05, 3.63) is 11.2 Å². The molecule has 1 N–H and O–H groups in total. The zero-order valence-corrected chi connectivity index (χ0v) is 14.2. The first kappa shape index (κ1) is 18.1. The number of sulfonamides is 1. The minimum Gasteiger partial charge on any atom is -0.464 e. The van der Waals surface area contributed by atoms with Gasteiger partial charge in [-0.2, -0.15) is 0 Å². The summed E-state index contributed by atoms with van der Waals surface area (Å²) >= 11 is 0.922. The fraction of sp³-hybridized carbons (Fsp3) is 0.692. The van der Waals surface area contributed by atoms with E-state index in [1.165, 1.54) is 12.6 Å². The second-order valence-corrected chi connectivity index (χ2v) is 7.49. The molecule has 0 radical (unpaired) electrons. The van der Waals surface area contributed by atoms with Gasteiger partial charge in [0.25, 0.3) is 10.0 Å². The number of nitrogens with zero attached hydrogens (tertiary/aromatic N) is 1. The highest BCUT2D eigenvalue weighted by Gasteiger charge is 2.28. The summed E-state index contributed by atoms with van der Waals surface area (Å²) in [5.41, 5.74) is 1.18. The standard InChI is InChI=1S/C13H22N2O4S2/c1-4-6-8-10(7-5-2)15-21(17,18)13-11(12(16)19-3)14-9-20-13/h9-10,15H,4-8H2,1-3H3. The van der Waals surface area contributed by atoms with Crippen LogP contribution in [0.2, 0.25) is 0 Å². The van der Waals surface area contributed by atoms with E-state index in [4.69, 9.17) is 0 Å². The smallest absolute Gasteiger partial charge is 0.358 e. The average molecular weight is 334 g/mol. The predicted octanol–water partition coefficient (Wildman–Crippen LogP) is 2.57. The fourth-order valence-corrected chi connectivity index (χ4v) is 4.45. The van der Waals surface area contributed by atoms with Crippen LogP contribution in [0.25, 0.3) is 0 Å². The van der Waals surface area contributed by atoms with E-state index in [1.807, 2.05) is 6.92 Å². The van der Waals surface area contributed by atoms with Crippen LogP contribution < -0.4 is 4.72 Å². The third-order valence-electron chi connectivity index (χ3n) is 3.02. The van der Waals surface area contributed by atoms with Gasteiger partial charge in [-0.05, 0) is 12.8 Å². The Kier molecular flexibility index (Phi) is 7.27. The van der Waals surface area contributed by atoms with E-state index in [0.29, 0.717) is 0 Å². The van der Waals surface area contributed by atoms with Gasteiger partial charge in [-0.3, -0.25) is 0 Å². The van der Waals surface area contributed by atoms with Gasteiger partial charge in [-0.1, -0.05) is 33.1 Å². The normalized spacial score (nSPS) is 13.1. The van der Waals surface area contributed by atoms with Crippen molar-refractivity contribution >= 4 is 27.3 Å². The number of aromatic nitrogens is 1. The SMILES string of the molecule is CCCCC(CCC)NS(=O)(=O)c1scnc1C(=O)OC. The lowest BCUT2D eigenvalue weighted by Crippen LogP contribution is -2.35. The Bertz CT molecular complexity index is 554. The van der Waals surface area contributed by atoms with Gasteiger partial charge in [0.05, 0.1) is 12.6 Å². The quantitative estimate of drug-likeness (QED) is 0.702. The fourth-order valence-electron chi connectivity index (χ4n) is 1.99. The Labute approximate surface area is 130 Å². The van der Waals surface area contributed by atoms with Crippen LogP contribution in [0, 0.1) is 0 Å². The molecule has 1 heterocycles. The minimum absolute atomic E-state index is 0.0769. The van der Waals surface area contributed by atoms with Crippen LogP contribution in [0.4, 0.5) is 0 Å². The number of hydrogen-bond acceptors (Lipinski definition) is 6. The van der Waals surface area contributed by atoms with Gasteiger partial charge < -0.3 is 4.74 Å². The molecule has 1 rings (SSSR count). The molecule has 0 saturated carbocycles. The predicted molar refractivity (Wildman–Crippen MR) is 82.0 cm³/mol. The summed E-state index contributed by atoms with van der Waals surface area (Å²) in [6, 6.07) is -0.118. The summed E-state index contributed by atoms with van der Waals surface area (Å²) in [5.74, 6) is -0.739. The van der Waals surface area contributed by atoms with Crippen LogP contribution in [0.1, 0.15) is 56.4 Å². The van der Waals surface area contributed by atoms with E-state index in [-0.39, 0.29) is 15.9 Å². The number of nitrogens with one attached hydrogen (secondary N) is 1. The van der Waals surface area contributed by atoms with Gasteiger partial charge in [-0.25, -0.2) is 22.9 Å². The molecule has 0 aliphatic heterocycles. The van der Waals surface area contributed by atoms with Crippen molar-refractivity contribution in [2.24, 2.45) is 0 Å². The first-order valence-electron chi connectivity index (χ1n) is 7.00. The monoisotopic (exact) mass is 334 g/mol. The third-order valence-corrected chi connectivity index (χ3v) is 5.91. The van der Waals surface area contributed by atoms with Crippen LogP contribution in [0.3, 0.4) is 0 Å². The number of carbonyl (C=O) groups excluding carboxylic acids is 1. The largest absolute Gasteiger partial charge is 0.464 e. The molecular weight excluding hydrogens is 312 g/mol. The summed E-state index contributed by atoms with van der Waals surface area (Å²) < 4.78 is 32.0. The Morgan fingerprint density at radius 3 is 2.67 bits per heavy atom. The molecular formula is C13H22N2O4S2. The van der Waals surface area contributed by atoms with E-state index >= 15 is 0 Å². The van der Waals surface area contributed by atoms with Crippen molar-refractivity contribution in [3.8, 4) is 0 Å². The molecule has 1 atom stereocenters. The zero-order chi connectivity index (χ0) is 15.9. The summed E-state index contributed by atoms with van der Waals surface area (Å²) in [4.78, 5) is 15.3. The lowest BCUT2D eigenvalue weighted by Gasteiger charge is -2.17. The number of ether oxygens (including phenoxy) is 1. The van der Waals surface area contributed by atoms with E-state index in [2.05, 4.69) is 21.4 Å². The molecule has 1 unspecified atom stereocenters. The van der Waals surface area contributed by atoms with Gasteiger partial charge in [0, 0.05) is 6.04 Å². The molecule has 120 valence electrons. The molecule has 0 bridgehead atoms. The molecule has 0 aliphatic rings. The molecule has 0 fully saturated rings. The van der Waals surface area contributed by atoms with Crippen molar-refractivity contribution in [2.45, 2.75) is 56.2 Å². The Morgan fingerprint density at radius 2 is 2.10 bits per heavy atom. The van der Waals surface area contributed by atoms with Gasteiger partial charge in [0.15, 0.2) is 9.90 Å². The van der Waals surface area contributed by atoms with E-state index < -0.39 is 16.0 Å². The second-order valence-electron chi connectivity index (χ2n) is 4.73. The van der Waals surface area contributed by atoms with Crippen LogP contribution >= 0.6 is 11.3 Å². The lowest BCUT2D eigenvalue weighted by molar-refractivity contribution is 0.0590. The molecule has 21 heavy (non-hydrogen) atoms. The second kappa shape index (κ2) is 8.45. The minimum atomic E-state index is -3.75. The van der Waals surface area contributed by atoms with Crippen LogP contribution in [0.5, 0.6) is 0 Å². The number of hydrogen-bond donors (Lipinski definition) is 1. The maximum atomic E-state index is 12.4. The summed E-state index contributed by atoms with van der Waals surface area (Å²) in [7, 11) is -2.55. The lowest BCUT2D eigenvalue weighted by atomic mass is 10.1. The number of unbranched alkanes of at least 4 members (excludes halogenated alkanes) is 1. The number of thiazole rings is 1. The highest BCUT2D eigenvalue weighted by atomic mass is 32.2. The van der Waals surface area contributed by atoms with E-state index in [1.54, 1.807) is 0 Å². The van der Waals surface area contributed by atoms with Gasteiger partial charge in [0.1, 0.15) is 0 Å². The summed E-state index contributed by atoms with van der Waals surface area (Å²) in [6.07, 6.45) is 4.42. The molecule has 8 heteroatoms. The Morgan fingerprint density at radius 1 is 1.38 bits per heavy atom. The number of methoxy groups -OCH3 is 1. The van der Waals surface area contributed by atoms with Gasteiger partial charge >= 0.3 is 5.97 Å². The van der Waals surface area contributed by atoms with Crippen molar-refractivity contribution in [2.75, 3.05) is 7.11 Å². The van der Waals surface area contributed by atoms with Crippen LogP contribution in [0.15, 0.2) is 9.72 Å².